The molecule has 19 rings (SSSR count). The molecule has 734 valence electrons. The van der Waals surface area contributed by atoms with Crippen molar-refractivity contribution in [1.29, 1.82) is 0 Å². The normalized spacial score (nSPS) is 14.8. The highest BCUT2D eigenvalue weighted by Crippen LogP contribution is 2.38. The lowest BCUT2D eigenvalue weighted by Gasteiger charge is -2.32. The molecule has 11 heterocycles. The first-order chi connectivity index (χ1) is 66.3. The monoisotopic (exact) mass is 1950 g/mol. The number of esters is 1. The van der Waals surface area contributed by atoms with Crippen molar-refractivity contribution in [2.24, 2.45) is 5.92 Å². The lowest BCUT2D eigenvalue weighted by atomic mass is 9.79. The van der Waals surface area contributed by atoms with E-state index < -0.39 is 18.3 Å². The molecule has 4 aliphatic rings. The number of thioether (sulfide) groups is 2. The molecule has 140 heavy (non-hydrogen) atoms. The lowest BCUT2D eigenvalue weighted by Crippen LogP contribution is -2.41. The van der Waals surface area contributed by atoms with Gasteiger partial charge in [0.2, 0.25) is 11.9 Å². The number of benzene rings is 7. The Kier molecular flexibility index (Phi) is 31.2. The van der Waals surface area contributed by atoms with E-state index in [1.54, 1.807) is 105 Å². The molecule has 3 aliphatic heterocycles. The van der Waals surface area contributed by atoms with Crippen LogP contribution in [0.5, 0.6) is 0 Å². The Balaban J connectivity index is 0.000000138. The van der Waals surface area contributed by atoms with Gasteiger partial charge in [-0.25, -0.2) is 85.0 Å². The van der Waals surface area contributed by atoms with Crippen LogP contribution in [0.1, 0.15) is 189 Å². The Hall–Kier alpha value is -13.6. The number of H-pyrrole nitrogens is 1. The minimum Gasteiger partial charge on any atom is -0.460 e. The fraction of sp³-hybridized carbons (Fsp3) is 0.373. The third-order valence-corrected chi connectivity index (χ3v) is 25.0. The topological polar surface area (TPSA) is 358 Å². The quantitative estimate of drug-likeness (QED) is 0.0159. The van der Waals surface area contributed by atoms with Crippen molar-refractivity contribution in [3.05, 3.63) is 275 Å². The molecule has 0 saturated carbocycles. The van der Waals surface area contributed by atoms with Gasteiger partial charge >= 0.3 is 19.2 Å². The van der Waals surface area contributed by atoms with Gasteiger partial charge in [0, 0.05) is 85.7 Å². The van der Waals surface area contributed by atoms with Gasteiger partial charge in [0.15, 0.2) is 32.9 Å². The fourth-order valence-electron chi connectivity index (χ4n) is 16.3. The summed E-state index contributed by atoms with van der Waals surface area (Å²) in [5.41, 5.74) is 18.1. The van der Waals surface area contributed by atoms with E-state index >= 15 is 0 Å². The number of nitrogens with one attached hydrogen (secondary N) is 4. The molecule has 15 aromatic rings. The van der Waals surface area contributed by atoms with Gasteiger partial charge in [0.05, 0.1) is 34.2 Å². The molecule has 1 amide bonds. The number of amides is 1. The van der Waals surface area contributed by atoms with Crippen LogP contribution in [0.4, 0.5) is 51.3 Å². The van der Waals surface area contributed by atoms with E-state index in [4.69, 9.17) is 24.5 Å². The molecule has 1 fully saturated rings. The summed E-state index contributed by atoms with van der Waals surface area (Å²) in [6, 6.07) is 42.1. The van der Waals surface area contributed by atoms with E-state index in [2.05, 4.69) is 79.1 Å². The van der Waals surface area contributed by atoms with Crippen molar-refractivity contribution in [3.8, 4) is 17.1 Å². The molecule has 0 spiro atoms. The number of hydrogen-bond acceptors (Lipinski definition) is 24. The first-order valence-electron chi connectivity index (χ1n) is 46.4. The van der Waals surface area contributed by atoms with E-state index in [-0.39, 0.29) is 98.9 Å². The summed E-state index contributed by atoms with van der Waals surface area (Å²) in [6.45, 7) is 37.5. The van der Waals surface area contributed by atoms with Gasteiger partial charge in [-0.2, -0.15) is 9.97 Å². The fourth-order valence-corrected chi connectivity index (χ4v) is 17.0. The summed E-state index contributed by atoms with van der Waals surface area (Å²) in [6.07, 6.45) is 13.9. The van der Waals surface area contributed by atoms with Crippen molar-refractivity contribution in [2.45, 2.75) is 227 Å². The number of fused-ring (bicyclic) bond motifs is 7. The zero-order valence-corrected chi connectivity index (χ0v) is 83.8. The number of hydrogen-bond donors (Lipinski definition) is 5. The van der Waals surface area contributed by atoms with Crippen LogP contribution >= 0.6 is 23.5 Å². The van der Waals surface area contributed by atoms with E-state index in [1.165, 1.54) is 106 Å². The number of nitrogen functional groups attached to an aromatic ring is 1. The summed E-state index contributed by atoms with van der Waals surface area (Å²) in [4.78, 5) is 112. The molecule has 6 N–H and O–H groups in total. The van der Waals surface area contributed by atoms with E-state index in [0.29, 0.717) is 96.5 Å². The molecule has 7 aromatic carbocycles. The summed E-state index contributed by atoms with van der Waals surface area (Å²) in [5, 5.41) is 15.9. The maximum Gasteiger partial charge on any atom is 0.494 e. The molecule has 1 atom stereocenters. The predicted molar refractivity (Wildman–Crippen MR) is 542 cm³/mol. The first kappa shape index (κ1) is 102. The highest BCUT2D eigenvalue weighted by atomic mass is 32.2. The number of halogens is 4. The molecule has 8 aromatic heterocycles. The number of carbonyl (C=O) groups excluding carboxylic acids is 2. The molecule has 31 nitrogen and oxygen atoms in total. The third-order valence-electron chi connectivity index (χ3n) is 23.9. The molecular formula is C102H118BF4N21O10S2. The highest BCUT2D eigenvalue weighted by molar-refractivity contribution is 7.98. The maximum atomic E-state index is 13.6. The van der Waals surface area contributed by atoms with Crippen LogP contribution in [-0.4, -0.2) is 150 Å². The highest BCUT2D eigenvalue weighted by Gasteiger charge is 2.52. The summed E-state index contributed by atoms with van der Waals surface area (Å²) in [7, 11) is -0.411. The summed E-state index contributed by atoms with van der Waals surface area (Å²) in [5.74, 6) is -0.670. The minimum absolute atomic E-state index is 0.0291. The lowest BCUT2D eigenvalue weighted by molar-refractivity contribution is -0.160. The Bertz CT molecular complexity index is 7270. The second-order valence-corrected chi connectivity index (χ2v) is 40.0. The Morgan fingerprint density at radius 1 is 0.493 bits per heavy atom. The van der Waals surface area contributed by atoms with Gasteiger partial charge < -0.3 is 45.4 Å². The van der Waals surface area contributed by atoms with E-state index in [1.807, 2.05) is 174 Å². The van der Waals surface area contributed by atoms with Crippen molar-refractivity contribution in [1.82, 2.24) is 88.0 Å². The predicted octanol–water partition coefficient (Wildman–Crippen LogP) is 18.3. The molecular weight excluding hydrogens is 1830 g/mol. The van der Waals surface area contributed by atoms with E-state index in [0.717, 1.165) is 73.3 Å². The molecule has 1 aliphatic carbocycles. The van der Waals surface area contributed by atoms with Crippen LogP contribution < -0.4 is 49.4 Å². The third kappa shape index (κ3) is 23.6. The molecule has 1 saturated heterocycles. The van der Waals surface area contributed by atoms with Gasteiger partial charge in [-0.1, -0.05) is 53.9 Å². The minimum atomic E-state index is -0.556. The maximum absolute atomic E-state index is 13.6. The Morgan fingerprint density at radius 2 is 0.921 bits per heavy atom. The van der Waals surface area contributed by atoms with Crippen LogP contribution in [-0.2, 0) is 62.3 Å². The number of aryl methyl sites for hydroxylation is 1. The van der Waals surface area contributed by atoms with Gasteiger partial charge in [-0.05, 0) is 336 Å². The Morgan fingerprint density at radius 3 is 1.39 bits per heavy atom. The number of aromatic nitrogens is 16. The SMILES string of the molecule is CC(C)(C)OC(=O)C1CCc2ccc(N)cc2C1.CC(C)n1c(=O)c2cnc(Nc3ccc4c(c3)CCNC4)nc2n1-c1ccc(F)cc1.CC(C)n1c(=O)c2cnc(Nc3ccc4c(c3)CN(C(=O)OC(C)(C)C)CC4)nc2n1-c1ccc(F)cc1.CC1(C)OB(c2ccc(F)cc2)OC1(C)C.CSc1ncc2c(=O)n(C(C)C)[nH]c2n1.CSc1ncc2c(=O)n(C(C)C)n(-c3ccc(F)cc3)c2n1. The number of nitrogens with two attached hydrogens (primary N) is 1. The number of nitrogens with zero attached hydrogens (tertiary/aromatic N) is 16. The van der Waals surface area contributed by atoms with Gasteiger partial charge in [-0.3, -0.25) is 29.1 Å². The molecule has 38 heteroatoms. The standard InChI is InChI=1S/C28H31FN6O3.C23H23FN6O.C15H15FN4OS.C15H21NO2.C12H16BFO2.C9H12N4OS/c1-17(2)34-25(36)23-15-30-26(32-24(23)35(34)22-10-7-20(29)8-11-22)31-21-9-6-18-12-13-33(16-19(18)14-21)27(37)38-28(3,4)5;1-14(2)29-22(31)20-13-26-23(27-18-6-3-16-12-25-10-9-15(16)11-18)28-21(20)30(29)19-7-4-17(24)5-8-19;1-9(2)19-14(21)12-8-17-15(22-3)18-13(12)20(19)11-6-4-10(16)5-7-11;1-15(2,3)18-14(17)11-5-4-10-6-7-13(16)9-12(10)8-11;1-11(2)12(3,4)16-13(15-11)9-5-7-10(14)8-6-9;1-5(2)13-8(14)6-4-10-9(15-3)11-7(6)12-13/h6-11,14-15,17H,12-13,16H2,1-5H3,(H,30,31,32);3-8,11,13-14,25H,9-10,12H2,1-2H3,(H,26,27,28);4-9H,1-3H3;6-7,9,11H,4-5,8,16H2,1-3H3;5-8H,1-4H3;4-5H,1-3H3,(H,10,11,12). The van der Waals surface area contributed by atoms with Gasteiger partial charge in [-0.15, -0.1) is 0 Å². The molecule has 0 bridgehead atoms. The largest absolute Gasteiger partial charge is 0.494 e. The average Bonchev–Trinajstić information content (AvgIpc) is 1.63. The van der Waals surface area contributed by atoms with Crippen LogP contribution in [0.3, 0.4) is 0 Å². The Labute approximate surface area is 816 Å². The van der Waals surface area contributed by atoms with Crippen LogP contribution in [0.2, 0.25) is 0 Å². The molecule has 1 unspecified atom stereocenters. The number of aromatic amines is 1. The van der Waals surface area contributed by atoms with Gasteiger partial charge in [0.25, 0.3) is 22.2 Å². The molecule has 0 radical (unpaired) electrons. The number of rotatable bonds is 15. The van der Waals surface area contributed by atoms with Crippen LogP contribution in [0, 0.1) is 29.2 Å². The van der Waals surface area contributed by atoms with Crippen molar-refractivity contribution < 1.29 is 45.9 Å². The number of carbonyl (C=O) groups is 2. The van der Waals surface area contributed by atoms with Crippen molar-refractivity contribution in [3.63, 3.8) is 0 Å². The number of ether oxygens (including phenoxy) is 2. The summed E-state index contributed by atoms with van der Waals surface area (Å²) < 4.78 is 87.3. The van der Waals surface area contributed by atoms with E-state index in [9.17, 15) is 46.3 Å². The summed E-state index contributed by atoms with van der Waals surface area (Å²) >= 11 is 2.86. The second-order valence-electron chi connectivity index (χ2n) is 38.5. The first-order valence-corrected chi connectivity index (χ1v) is 48.8. The zero-order chi connectivity index (χ0) is 101. The van der Waals surface area contributed by atoms with Crippen molar-refractivity contribution >= 4 is 121 Å². The average molecular weight is 1950 g/mol. The van der Waals surface area contributed by atoms with Crippen molar-refractivity contribution in [2.75, 3.05) is 42.0 Å². The number of anilines is 5. The second kappa shape index (κ2) is 42.6. The van der Waals surface area contributed by atoms with Gasteiger partial charge in [0.1, 0.15) is 56.0 Å². The van der Waals surface area contributed by atoms with Crippen LogP contribution in [0.25, 0.3) is 61.2 Å². The smallest absolute Gasteiger partial charge is 0.460 e. The zero-order valence-electron chi connectivity index (χ0n) is 82.2. The van der Waals surface area contributed by atoms with Crippen LogP contribution in [0.15, 0.2) is 206 Å².